The Bertz CT molecular complexity index is 251. The molecule has 1 atom stereocenters. The highest BCUT2D eigenvalue weighted by molar-refractivity contribution is 5.78. The summed E-state index contributed by atoms with van der Waals surface area (Å²) in [5, 5.41) is 6.38. The molecule has 1 amide bonds. The Labute approximate surface area is 104 Å². The number of nitrogens with one attached hydrogen (secondary N) is 2. The van der Waals surface area contributed by atoms with E-state index in [-0.39, 0.29) is 5.91 Å². The molecule has 0 aromatic carbocycles. The minimum Gasteiger partial charge on any atom is -0.353 e. The molecule has 1 saturated heterocycles. The minimum absolute atomic E-state index is 0.150. The molecule has 1 saturated carbocycles. The zero-order chi connectivity index (χ0) is 12.1. The number of hydrogen-bond acceptors (Lipinski definition) is 3. The molecular formula is C13H25N3O. The molecule has 0 radical (unpaired) electrons. The number of hydrogen-bond donors (Lipinski definition) is 2. The Morgan fingerprint density at radius 3 is 2.65 bits per heavy atom. The van der Waals surface area contributed by atoms with E-state index in [1.807, 2.05) is 0 Å². The van der Waals surface area contributed by atoms with Gasteiger partial charge in [-0.2, -0.15) is 0 Å². The first-order valence-electron chi connectivity index (χ1n) is 6.96. The van der Waals surface area contributed by atoms with Crippen LogP contribution in [0, 0.1) is 0 Å². The van der Waals surface area contributed by atoms with Crippen molar-refractivity contribution in [3.63, 3.8) is 0 Å². The van der Waals surface area contributed by atoms with E-state index in [1.165, 1.54) is 45.1 Å². The van der Waals surface area contributed by atoms with Crippen molar-refractivity contribution in [3.05, 3.63) is 0 Å². The largest absolute Gasteiger partial charge is 0.353 e. The number of likely N-dealkylation sites (tertiary alicyclic amines) is 1. The minimum atomic E-state index is 0.150. The number of carbonyl (C=O) groups is 1. The quantitative estimate of drug-likeness (QED) is 0.743. The molecule has 98 valence electrons. The van der Waals surface area contributed by atoms with Crippen LogP contribution in [0.3, 0.4) is 0 Å². The first-order chi connectivity index (χ1) is 8.25. The Morgan fingerprint density at radius 1 is 1.24 bits per heavy atom. The molecule has 0 aromatic rings. The van der Waals surface area contributed by atoms with Gasteiger partial charge in [-0.15, -0.1) is 0 Å². The van der Waals surface area contributed by atoms with E-state index in [2.05, 4.69) is 22.6 Å². The molecule has 0 aromatic heterocycles. The summed E-state index contributed by atoms with van der Waals surface area (Å²) in [7, 11) is 2.14. The van der Waals surface area contributed by atoms with Crippen molar-refractivity contribution in [2.24, 2.45) is 0 Å². The van der Waals surface area contributed by atoms with Crippen molar-refractivity contribution in [2.75, 3.05) is 26.7 Å². The molecular weight excluding hydrogens is 214 g/mol. The second-order valence-electron chi connectivity index (χ2n) is 5.44. The summed E-state index contributed by atoms with van der Waals surface area (Å²) in [5.41, 5.74) is 0. The van der Waals surface area contributed by atoms with Gasteiger partial charge < -0.3 is 15.5 Å². The highest BCUT2D eigenvalue weighted by Crippen LogP contribution is 2.17. The second kappa shape index (κ2) is 6.36. The van der Waals surface area contributed by atoms with Crippen LogP contribution in [0.2, 0.25) is 0 Å². The maximum absolute atomic E-state index is 11.7. The number of likely N-dealkylation sites (N-methyl/N-ethyl adjacent to an activating group) is 1. The molecule has 2 rings (SSSR count). The van der Waals surface area contributed by atoms with Gasteiger partial charge in [-0.1, -0.05) is 12.8 Å². The van der Waals surface area contributed by atoms with Gasteiger partial charge in [-0.05, 0) is 39.3 Å². The van der Waals surface area contributed by atoms with Crippen LogP contribution in [-0.2, 0) is 4.79 Å². The second-order valence-corrected chi connectivity index (χ2v) is 5.44. The molecule has 2 N–H and O–H groups in total. The van der Waals surface area contributed by atoms with E-state index in [1.54, 1.807) is 0 Å². The zero-order valence-corrected chi connectivity index (χ0v) is 10.9. The summed E-state index contributed by atoms with van der Waals surface area (Å²) in [6.07, 6.45) is 7.57. The summed E-state index contributed by atoms with van der Waals surface area (Å²) in [4.78, 5) is 14.0. The Balaban J connectivity index is 1.57. The molecule has 0 bridgehead atoms. The summed E-state index contributed by atoms with van der Waals surface area (Å²) in [6, 6.07) is 1.13. The van der Waals surface area contributed by atoms with Crippen molar-refractivity contribution < 1.29 is 4.79 Å². The third-order valence-electron chi connectivity index (χ3n) is 4.11. The van der Waals surface area contributed by atoms with E-state index >= 15 is 0 Å². The first kappa shape index (κ1) is 12.8. The third kappa shape index (κ3) is 3.96. The van der Waals surface area contributed by atoms with Gasteiger partial charge in [-0.3, -0.25) is 4.79 Å². The fourth-order valence-corrected chi connectivity index (χ4v) is 2.90. The highest BCUT2D eigenvalue weighted by atomic mass is 16.1. The monoisotopic (exact) mass is 239 g/mol. The van der Waals surface area contributed by atoms with Crippen LogP contribution in [0.1, 0.15) is 38.5 Å². The molecule has 1 aliphatic carbocycles. The maximum Gasteiger partial charge on any atom is 0.234 e. The van der Waals surface area contributed by atoms with E-state index in [9.17, 15) is 4.79 Å². The fraction of sp³-hybridized carbons (Fsp3) is 0.923. The normalized spacial score (nSPS) is 26.5. The van der Waals surface area contributed by atoms with Crippen LogP contribution in [0.25, 0.3) is 0 Å². The molecule has 0 spiro atoms. The van der Waals surface area contributed by atoms with Crippen molar-refractivity contribution in [2.45, 2.75) is 50.6 Å². The van der Waals surface area contributed by atoms with Gasteiger partial charge in [0.2, 0.25) is 5.91 Å². The summed E-state index contributed by atoms with van der Waals surface area (Å²) in [6.45, 7) is 2.46. The highest BCUT2D eigenvalue weighted by Gasteiger charge is 2.21. The van der Waals surface area contributed by atoms with E-state index in [4.69, 9.17) is 0 Å². The third-order valence-corrected chi connectivity index (χ3v) is 4.11. The topological polar surface area (TPSA) is 44.4 Å². The number of carbonyl (C=O) groups excluding carboxylic acids is 1. The van der Waals surface area contributed by atoms with Crippen molar-refractivity contribution >= 4 is 5.91 Å². The van der Waals surface area contributed by atoms with Gasteiger partial charge in [0.1, 0.15) is 0 Å². The van der Waals surface area contributed by atoms with Gasteiger partial charge in [0, 0.05) is 18.6 Å². The fourth-order valence-electron chi connectivity index (χ4n) is 2.90. The van der Waals surface area contributed by atoms with Crippen molar-refractivity contribution in [1.29, 1.82) is 0 Å². The number of amides is 1. The Morgan fingerprint density at radius 2 is 2.00 bits per heavy atom. The first-order valence-corrected chi connectivity index (χ1v) is 6.96. The van der Waals surface area contributed by atoms with Gasteiger partial charge >= 0.3 is 0 Å². The summed E-state index contributed by atoms with van der Waals surface area (Å²) < 4.78 is 0. The number of rotatable bonds is 5. The predicted octanol–water partition coefficient (Wildman–Crippen LogP) is 0.729. The van der Waals surface area contributed by atoms with Gasteiger partial charge in [0.15, 0.2) is 0 Å². The molecule has 1 heterocycles. The van der Waals surface area contributed by atoms with E-state index < -0.39 is 0 Å². The van der Waals surface area contributed by atoms with Crippen molar-refractivity contribution in [1.82, 2.24) is 15.5 Å². The van der Waals surface area contributed by atoms with Crippen LogP contribution < -0.4 is 10.6 Å². The summed E-state index contributed by atoms with van der Waals surface area (Å²) >= 11 is 0. The lowest BCUT2D eigenvalue weighted by atomic mass is 10.2. The van der Waals surface area contributed by atoms with Crippen LogP contribution >= 0.6 is 0 Å². The lowest BCUT2D eigenvalue weighted by Gasteiger charge is -2.20. The average molecular weight is 239 g/mol. The molecule has 17 heavy (non-hydrogen) atoms. The maximum atomic E-state index is 11.7. The van der Waals surface area contributed by atoms with Crippen LogP contribution in [0.4, 0.5) is 0 Å². The standard InChI is InChI=1S/C13H25N3O/c1-16-8-4-7-12(16)9-15-13(17)10-14-11-5-2-3-6-11/h11-12,14H,2-10H2,1H3,(H,15,17). The lowest BCUT2D eigenvalue weighted by Crippen LogP contribution is -2.43. The lowest BCUT2D eigenvalue weighted by molar-refractivity contribution is -0.120. The molecule has 1 unspecified atom stereocenters. The Hall–Kier alpha value is -0.610. The van der Waals surface area contributed by atoms with Gasteiger partial charge in [0.05, 0.1) is 6.54 Å². The van der Waals surface area contributed by atoms with Crippen molar-refractivity contribution in [3.8, 4) is 0 Å². The Kier molecular flexibility index (Phi) is 4.80. The smallest absolute Gasteiger partial charge is 0.234 e. The van der Waals surface area contributed by atoms with E-state index in [0.29, 0.717) is 18.6 Å². The molecule has 2 fully saturated rings. The molecule has 2 aliphatic rings. The molecule has 4 heteroatoms. The van der Waals surface area contributed by atoms with Crippen LogP contribution in [0.5, 0.6) is 0 Å². The molecule has 4 nitrogen and oxygen atoms in total. The van der Waals surface area contributed by atoms with E-state index in [0.717, 1.165) is 6.54 Å². The number of nitrogens with zero attached hydrogens (tertiary/aromatic N) is 1. The molecule has 1 aliphatic heterocycles. The van der Waals surface area contributed by atoms with Gasteiger partial charge in [0.25, 0.3) is 0 Å². The predicted molar refractivity (Wildman–Crippen MR) is 68.9 cm³/mol. The van der Waals surface area contributed by atoms with Crippen LogP contribution in [-0.4, -0.2) is 49.6 Å². The zero-order valence-electron chi connectivity index (χ0n) is 10.9. The summed E-state index contributed by atoms with van der Waals surface area (Å²) in [5.74, 6) is 0.150. The van der Waals surface area contributed by atoms with Crippen LogP contribution in [0.15, 0.2) is 0 Å². The average Bonchev–Trinajstić information content (AvgIpc) is 2.95. The SMILES string of the molecule is CN1CCCC1CNC(=O)CNC1CCCC1. The van der Waals surface area contributed by atoms with Gasteiger partial charge in [-0.25, -0.2) is 0 Å².